The second kappa shape index (κ2) is 8.72. The van der Waals surface area contributed by atoms with Gasteiger partial charge < -0.3 is 14.8 Å². The fourth-order valence-corrected chi connectivity index (χ4v) is 5.14. The number of urea groups is 1. The van der Waals surface area contributed by atoms with Crippen molar-refractivity contribution in [2.75, 3.05) is 29.4 Å². The Bertz CT molecular complexity index is 1430. The van der Waals surface area contributed by atoms with Gasteiger partial charge >= 0.3 is 6.03 Å². The van der Waals surface area contributed by atoms with Gasteiger partial charge in [-0.1, -0.05) is 18.2 Å². The second-order valence-corrected chi connectivity index (χ2v) is 9.01. The molecule has 2 aliphatic heterocycles. The highest BCUT2D eigenvalue weighted by Crippen LogP contribution is 2.36. The number of nitriles is 1. The molecule has 35 heavy (non-hydrogen) atoms. The Kier molecular flexibility index (Phi) is 5.26. The molecule has 0 unspecified atom stereocenters. The van der Waals surface area contributed by atoms with Crippen molar-refractivity contribution in [3.05, 3.63) is 72.4 Å². The average Bonchev–Trinajstić information content (AvgIpc) is 3.39. The molecule has 0 saturated carbocycles. The smallest absolute Gasteiger partial charge is 0.329 e. The lowest BCUT2D eigenvalue weighted by Crippen LogP contribution is -2.48. The maximum atomic E-state index is 13.7. The zero-order valence-electron chi connectivity index (χ0n) is 19.1. The first kappa shape index (κ1) is 21.1. The van der Waals surface area contributed by atoms with Crippen molar-refractivity contribution in [2.24, 2.45) is 5.92 Å². The number of para-hydroxylation sites is 1. The minimum atomic E-state index is -0.0638. The summed E-state index contributed by atoms with van der Waals surface area (Å²) in [5.41, 5.74) is 3.76. The third-order valence-electron chi connectivity index (χ3n) is 6.90. The molecular formula is C26H24N8O. The highest BCUT2D eigenvalue weighted by molar-refractivity contribution is 6.01. The number of H-pyrrole nitrogens is 1. The van der Waals surface area contributed by atoms with E-state index in [-0.39, 0.29) is 6.03 Å². The topological polar surface area (TPSA) is 105 Å². The van der Waals surface area contributed by atoms with Crippen LogP contribution in [-0.4, -0.2) is 50.5 Å². The number of benzene rings is 1. The van der Waals surface area contributed by atoms with E-state index in [1.165, 1.54) is 0 Å². The van der Waals surface area contributed by atoms with Crippen molar-refractivity contribution in [1.82, 2.24) is 24.8 Å². The maximum absolute atomic E-state index is 13.7. The molecule has 1 aromatic carbocycles. The molecule has 6 rings (SSSR count). The van der Waals surface area contributed by atoms with Crippen LogP contribution in [0.1, 0.15) is 24.1 Å². The zero-order chi connectivity index (χ0) is 23.8. The number of pyridine rings is 1. The van der Waals surface area contributed by atoms with Crippen LogP contribution in [0.4, 0.5) is 22.0 Å². The third-order valence-corrected chi connectivity index (χ3v) is 6.90. The normalized spacial score (nSPS) is 16.4. The number of nitrogens with zero attached hydrogens (tertiary/aromatic N) is 7. The molecule has 0 radical (unpaired) electrons. The van der Waals surface area contributed by atoms with Gasteiger partial charge in [-0.2, -0.15) is 5.26 Å². The van der Waals surface area contributed by atoms with Crippen LogP contribution in [0.25, 0.3) is 11.0 Å². The molecule has 0 spiro atoms. The second-order valence-electron chi connectivity index (χ2n) is 9.01. The summed E-state index contributed by atoms with van der Waals surface area (Å²) < 4.78 is 0. The van der Waals surface area contributed by atoms with Crippen molar-refractivity contribution >= 4 is 34.3 Å². The predicted octanol–water partition coefficient (Wildman–Crippen LogP) is 4.21. The molecule has 0 bridgehead atoms. The van der Waals surface area contributed by atoms with E-state index in [1.807, 2.05) is 35.4 Å². The maximum Gasteiger partial charge on any atom is 0.329 e. The van der Waals surface area contributed by atoms with Crippen LogP contribution in [0.3, 0.4) is 0 Å². The number of hydrogen-bond acceptors (Lipinski definition) is 6. The molecule has 1 saturated heterocycles. The first-order chi connectivity index (χ1) is 17.2. The van der Waals surface area contributed by atoms with Gasteiger partial charge in [-0.25, -0.2) is 19.7 Å². The summed E-state index contributed by atoms with van der Waals surface area (Å²) in [6, 6.07) is 15.4. The molecule has 5 heterocycles. The summed E-state index contributed by atoms with van der Waals surface area (Å²) >= 11 is 0. The van der Waals surface area contributed by atoms with Gasteiger partial charge in [0.25, 0.3) is 0 Å². The Balaban J connectivity index is 1.20. The Morgan fingerprint density at radius 1 is 1.09 bits per heavy atom. The van der Waals surface area contributed by atoms with Crippen LogP contribution in [0.15, 0.2) is 61.2 Å². The molecule has 174 valence electrons. The molecule has 2 aliphatic rings. The summed E-state index contributed by atoms with van der Waals surface area (Å²) in [6.07, 6.45) is 7.04. The number of fused-ring (bicyclic) bond motifs is 2. The highest BCUT2D eigenvalue weighted by atomic mass is 16.2. The lowest BCUT2D eigenvalue weighted by molar-refractivity contribution is 0.184. The lowest BCUT2D eigenvalue weighted by atomic mass is 9.95. The molecule has 9 heteroatoms. The van der Waals surface area contributed by atoms with Gasteiger partial charge in [-0.05, 0) is 48.6 Å². The summed E-state index contributed by atoms with van der Waals surface area (Å²) in [5.74, 6) is 1.37. The van der Waals surface area contributed by atoms with Gasteiger partial charge in [-0.15, -0.1) is 0 Å². The number of piperidine rings is 1. The van der Waals surface area contributed by atoms with Crippen molar-refractivity contribution < 1.29 is 4.79 Å². The minimum Gasteiger partial charge on any atom is -0.356 e. The Hall–Kier alpha value is -4.45. The first-order valence-electron chi connectivity index (χ1n) is 11.8. The number of nitrogens with one attached hydrogen (secondary N) is 1. The molecule has 9 nitrogen and oxygen atoms in total. The van der Waals surface area contributed by atoms with Crippen LogP contribution in [-0.2, 0) is 6.54 Å². The van der Waals surface area contributed by atoms with E-state index >= 15 is 0 Å². The number of rotatable bonds is 4. The van der Waals surface area contributed by atoms with Gasteiger partial charge in [0.05, 0.1) is 16.8 Å². The van der Waals surface area contributed by atoms with E-state index in [1.54, 1.807) is 29.6 Å². The summed E-state index contributed by atoms with van der Waals surface area (Å²) in [6.45, 7) is 3.05. The summed E-state index contributed by atoms with van der Waals surface area (Å²) in [5, 5.41) is 10.3. The molecule has 0 atom stereocenters. The molecule has 1 fully saturated rings. The van der Waals surface area contributed by atoms with Crippen molar-refractivity contribution in [1.29, 1.82) is 5.26 Å². The van der Waals surface area contributed by atoms with Crippen LogP contribution >= 0.6 is 0 Å². The summed E-state index contributed by atoms with van der Waals surface area (Å²) in [7, 11) is 0. The van der Waals surface area contributed by atoms with E-state index in [9.17, 15) is 10.1 Å². The van der Waals surface area contributed by atoms with Crippen LogP contribution in [0, 0.1) is 17.2 Å². The van der Waals surface area contributed by atoms with E-state index in [0.717, 1.165) is 54.0 Å². The lowest BCUT2D eigenvalue weighted by Gasteiger charge is -2.40. The number of carbonyl (C=O) groups is 1. The van der Waals surface area contributed by atoms with Crippen molar-refractivity contribution in [3.63, 3.8) is 0 Å². The quantitative estimate of drug-likeness (QED) is 0.485. The average molecular weight is 465 g/mol. The number of aromatic amines is 1. The molecule has 3 aromatic heterocycles. The van der Waals surface area contributed by atoms with E-state index in [4.69, 9.17) is 0 Å². The van der Waals surface area contributed by atoms with Gasteiger partial charge in [0.1, 0.15) is 29.6 Å². The number of anilines is 3. The first-order valence-corrected chi connectivity index (χ1v) is 11.8. The molecule has 4 aromatic rings. The number of hydrogen-bond donors (Lipinski definition) is 1. The van der Waals surface area contributed by atoms with E-state index in [2.05, 4.69) is 37.0 Å². The molecule has 1 N–H and O–H groups in total. The van der Waals surface area contributed by atoms with Crippen LogP contribution < -0.4 is 9.80 Å². The Morgan fingerprint density at radius 2 is 1.94 bits per heavy atom. The third kappa shape index (κ3) is 3.83. The minimum absolute atomic E-state index is 0.0638. The molecule has 2 amide bonds. The van der Waals surface area contributed by atoms with E-state index < -0.39 is 0 Å². The van der Waals surface area contributed by atoms with Gasteiger partial charge in [0.2, 0.25) is 0 Å². The Morgan fingerprint density at radius 3 is 2.80 bits per heavy atom. The van der Waals surface area contributed by atoms with Gasteiger partial charge in [-0.3, -0.25) is 4.90 Å². The fraction of sp³-hybridized carbons (Fsp3) is 0.269. The molecular weight excluding hydrogens is 440 g/mol. The van der Waals surface area contributed by atoms with Crippen molar-refractivity contribution in [2.45, 2.75) is 19.4 Å². The standard InChI is InChI=1S/C26H24N8O/c27-14-20-13-21(5-9-28-20)34-23-4-2-1-3-19(23)16-33(26(34)35)15-18-7-11-32(12-8-18)25-22-6-10-29-24(22)30-17-31-25/h1-6,9-10,13,17-18H,7-8,11-12,15-16H2,(H,29,30,31). The SMILES string of the molecule is N#Cc1cc(N2C(=O)N(CC3CCN(c4ncnc5[nH]ccc45)CC3)Cc3ccccc32)ccn1. The predicted molar refractivity (Wildman–Crippen MR) is 132 cm³/mol. The number of amides is 2. The zero-order valence-corrected chi connectivity index (χ0v) is 19.1. The number of aromatic nitrogens is 4. The van der Waals surface area contributed by atoms with Crippen molar-refractivity contribution in [3.8, 4) is 6.07 Å². The van der Waals surface area contributed by atoms with Crippen LogP contribution in [0.5, 0.6) is 0 Å². The summed E-state index contributed by atoms with van der Waals surface area (Å²) in [4.78, 5) is 35.7. The highest BCUT2D eigenvalue weighted by Gasteiger charge is 2.33. The largest absolute Gasteiger partial charge is 0.356 e. The monoisotopic (exact) mass is 464 g/mol. The van der Waals surface area contributed by atoms with Gasteiger partial charge in [0, 0.05) is 38.6 Å². The van der Waals surface area contributed by atoms with Gasteiger partial charge in [0.15, 0.2) is 0 Å². The van der Waals surface area contributed by atoms with E-state index in [0.29, 0.717) is 30.4 Å². The molecule has 0 aliphatic carbocycles. The van der Waals surface area contributed by atoms with Crippen LogP contribution in [0.2, 0.25) is 0 Å². The Labute approximate surface area is 202 Å². The number of carbonyl (C=O) groups excluding carboxylic acids is 1. The fourth-order valence-electron chi connectivity index (χ4n) is 5.14.